The highest BCUT2D eigenvalue weighted by atomic mass is 16.6. The van der Waals surface area contributed by atoms with Crippen molar-refractivity contribution in [2.45, 2.75) is 107 Å². The van der Waals surface area contributed by atoms with Gasteiger partial charge in [0, 0.05) is 32.1 Å². The van der Waals surface area contributed by atoms with Crippen LogP contribution in [-0.2, 0) is 33.3 Å². The lowest BCUT2D eigenvalue weighted by Crippen LogP contribution is -2.56. The summed E-state index contributed by atoms with van der Waals surface area (Å²) in [6.45, 7) is 6.09. The first kappa shape index (κ1) is 41.4. The number of guanidine groups is 1. The average molecular weight is 747 g/mol. The number of carbonyl (C=O) groups excluding carboxylic acids is 3. The minimum atomic E-state index is -1.34. The Balaban J connectivity index is 1.30. The Kier molecular flexibility index (Phi) is 14.5. The highest BCUT2D eigenvalue weighted by Gasteiger charge is 2.72. The number of aliphatic carboxylic acids is 1. The van der Waals surface area contributed by atoms with Crippen LogP contribution in [0.4, 0.5) is 4.79 Å². The zero-order valence-corrected chi connectivity index (χ0v) is 30.7. The van der Waals surface area contributed by atoms with Crippen LogP contribution in [0.25, 0.3) is 0 Å². The average Bonchev–Trinajstić information content (AvgIpc) is 4.03. The Morgan fingerprint density at radius 1 is 1.23 bits per heavy atom. The van der Waals surface area contributed by atoms with Crippen molar-refractivity contribution in [1.82, 2.24) is 26.3 Å². The van der Waals surface area contributed by atoms with Crippen LogP contribution in [0.15, 0.2) is 41.2 Å². The Bertz CT molecular complexity index is 1480. The maximum atomic E-state index is 13.2. The summed E-state index contributed by atoms with van der Waals surface area (Å²) in [5.74, 6) is -2.70. The van der Waals surface area contributed by atoms with Crippen LogP contribution in [0.5, 0.6) is 0 Å². The summed E-state index contributed by atoms with van der Waals surface area (Å²) < 4.78 is 23.9. The van der Waals surface area contributed by atoms with E-state index in [1.54, 1.807) is 19.2 Å². The van der Waals surface area contributed by atoms with Crippen molar-refractivity contribution >= 4 is 29.8 Å². The molecule has 9 atom stereocenters. The fourth-order valence-corrected chi connectivity index (χ4v) is 7.06. The van der Waals surface area contributed by atoms with E-state index < -0.39 is 72.1 Å². The molecule has 2 aliphatic heterocycles. The number of nitrogens with two attached hydrogens (primary N) is 2. The Morgan fingerprint density at radius 2 is 1.98 bits per heavy atom. The number of nitrogens with one attached hydrogen (secondary N) is 4. The van der Waals surface area contributed by atoms with Crippen LogP contribution in [-0.4, -0.2) is 120 Å². The minimum Gasteiger partial charge on any atom is -0.481 e. The van der Waals surface area contributed by atoms with Gasteiger partial charge < -0.3 is 56.6 Å². The van der Waals surface area contributed by atoms with Gasteiger partial charge in [-0.2, -0.15) is 0 Å². The molecule has 0 bridgehead atoms. The molecule has 4 rings (SSSR count). The molecule has 3 amide bonds. The third-order valence-corrected chi connectivity index (χ3v) is 9.81. The smallest absolute Gasteiger partial charge is 0.407 e. The molecule has 3 heterocycles. The molecule has 10 N–H and O–H groups in total. The zero-order chi connectivity index (χ0) is 38.8. The number of pyridine rings is 1. The zero-order valence-electron chi connectivity index (χ0n) is 30.7. The quantitative estimate of drug-likeness (QED) is 0.0217. The van der Waals surface area contributed by atoms with Crippen LogP contribution in [0.3, 0.4) is 0 Å². The lowest BCUT2D eigenvalue weighted by atomic mass is 9.68. The van der Waals surface area contributed by atoms with Crippen LogP contribution < -0.4 is 32.7 Å². The van der Waals surface area contributed by atoms with E-state index >= 15 is 0 Å². The molecule has 3 aliphatic rings. The molecule has 1 aromatic heterocycles. The number of rotatable bonds is 20. The first-order chi connectivity index (χ1) is 25.2. The topological polar surface area (TPSA) is 278 Å². The lowest BCUT2D eigenvalue weighted by molar-refractivity contribution is -0.138. The van der Waals surface area contributed by atoms with Gasteiger partial charge in [0.15, 0.2) is 5.96 Å². The number of epoxide rings is 2. The molecular formula is C35H54N8O10. The van der Waals surface area contributed by atoms with Crippen LogP contribution in [0.2, 0.25) is 0 Å². The van der Waals surface area contributed by atoms with Crippen molar-refractivity contribution in [2.24, 2.45) is 22.4 Å². The predicted octanol–water partition coefficient (Wildman–Crippen LogP) is -0.0374. The summed E-state index contributed by atoms with van der Waals surface area (Å²) in [5, 5.41) is 30.3. The highest BCUT2D eigenvalue weighted by Crippen LogP contribution is 2.59. The summed E-state index contributed by atoms with van der Waals surface area (Å²) in [7, 11) is 1.57. The first-order valence-corrected chi connectivity index (χ1v) is 17.8. The highest BCUT2D eigenvalue weighted by molar-refractivity contribution is 5.89. The molecule has 18 heteroatoms. The Labute approximate surface area is 308 Å². The number of nitrogens with zero attached hydrogens (tertiary/aromatic N) is 2. The minimum absolute atomic E-state index is 0.0118. The molecule has 1 aliphatic carbocycles. The molecule has 1 aromatic rings. The van der Waals surface area contributed by atoms with E-state index in [2.05, 4.69) is 37.3 Å². The van der Waals surface area contributed by atoms with E-state index in [1.165, 1.54) is 18.0 Å². The van der Waals surface area contributed by atoms with E-state index in [1.807, 2.05) is 20.8 Å². The van der Waals surface area contributed by atoms with Gasteiger partial charge in [0.1, 0.15) is 42.2 Å². The summed E-state index contributed by atoms with van der Waals surface area (Å²) in [4.78, 5) is 58.4. The molecule has 2 saturated heterocycles. The van der Waals surface area contributed by atoms with Gasteiger partial charge in [0.25, 0.3) is 0 Å². The monoisotopic (exact) mass is 746 g/mol. The van der Waals surface area contributed by atoms with E-state index in [9.17, 15) is 29.4 Å². The molecule has 9 unspecified atom stereocenters. The molecule has 0 aromatic carbocycles. The Morgan fingerprint density at radius 3 is 2.60 bits per heavy atom. The molecule has 1 spiro atoms. The van der Waals surface area contributed by atoms with Gasteiger partial charge in [0.2, 0.25) is 11.8 Å². The number of aromatic nitrogens is 1. The third kappa shape index (κ3) is 11.8. The lowest BCUT2D eigenvalue weighted by Gasteiger charge is -2.42. The van der Waals surface area contributed by atoms with Crippen LogP contribution >= 0.6 is 0 Å². The number of hydrogen-bond donors (Lipinski definition) is 8. The van der Waals surface area contributed by atoms with Crippen molar-refractivity contribution in [3.05, 3.63) is 41.7 Å². The number of ether oxygens (including phenoxy) is 4. The molecular weight excluding hydrogens is 692 g/mol. The number of hydrogen-bond acceptors (Lipinski definition) is 12. The van der Waals surface area contributed by atoms with Gasteiger partial charge in [0.05, 0.1) is 31.6 Å². The van der Waals surface area contributed by atoms with Gasteiger partial charge in [-0.15, -0.1) is 0 Å². The fourth-order valence-electron chi connectivity index (χ4n) is 7.06. The van der Waals surface area contributed by atoms with Gasteiger partial charge in [-0.1, -0.05) is 17.7 Å². The van der Waals surface area contributed by atoms with Crippen molar-refractivity contribution in [3.8, 4) is 0 Å². The number of methoxy groups -OCH3 is 1. The molecule has 3 fully saturated rings. The number of alkyl carbamates (subject to hydrolysis) is 1. The number of allylic oxidation sites excluding steroid dienone is 1. The predicted molar refractivity (Wildman–Crippen MR) is 191 cm³/mol. The van der Waals surface area contributed by atoms with E-state index in [0.717, 1.165) is 6.42 Å². The SMILES string of the molecule is COC1C(OC(=O)NCC(=O)NC(CCCN=C(N)N)C(=O)NCC(O)NC(CC(=O)O)c2cccnc2)CCC2(CO2)C1C1(C)OC1CC=C(C)C. The van der Waals surface area contributed by atoms with E-state index in [-0.39, 0.29) is 43.9 Å². The molecule has 294 valence electrons. The molecule has 0 radical (unpaired) electrons. The van der Waals surface area contributed by atoms with Crippen molar-refractivity contribution in [3.63, 3.8) is 0 Å². The van der Waals surface area contributed by atoms with Crippen molar-refractivity contribution < 1.29 is 48.3 Å². The first-order valence-electron chi connectivity index (χ1n) is 17.8. The van der Waals surface area contributed by atoms with Gasteiger partial charge in [-0.3, -0.25) is 29.7 Å². The summed E-state index contributed by atoms with van der Waals surface area (Å²) in [6, 6.07) is 1.43. The maximum Gasteiger partial charge on any atom is 0.407 e. The third-order valence-electron chi connectivity index (χ3n) is 9.81. The standard InChI is InChI=1S/C35H54N8O10/c1-20(2)9-10-25-34(3,53-25)30-29(50-4)24(11-12-35(30)19-51-35)52-33(49)41-18-27(45)42-22(8-6-14-39-32(36)37)31(48)40-17-26(44)43-23(15-28(46)47)21-7-5-13-38-16-21/h5,7,9,13,16,22-26,29-30,43-44H,6,8,10-12,14-15,17-19H2,1-4H3,(H,40,48)(H,41,49)(H,42,45)(H,46,47)(H4,36,37,39). The van der Waals surface area contributed by atoms with E-state index in [0.29, 0.717) is 31.4 Å². The molecule has 18 nitrogen and oxygen atoms in total. The largest absolute Gasteiger partial charge is 0.481 e. The maximum absolute atomic E-state index is 13.2. The number of carboxylic acids is 1. The second-order valence-electron chi connectivity index (χ2n) is 14.1. The number of aliphatic hydroxyl groups excluding tert-OH is 1. The number of aliphatic imine (C=N–C) groups is 1. The van der Waals surface area contributed by atoms with Gasteiger partial charge in [-0.25, -0.2) is 4.79 Å². The molecule has 1 saturated carbocycles. The van der Waals surface area contributed by atoms with Crippen molar-refractivity contribution in [2.75, 3.05) is 33.4 Å². The van der Waals surface area contributed by atoms with Gasteiger partial charge in [-0.05, 0) is 64.5 Å². The fraction of sp³-hybridized carbons (Fsp3) is 0.657. The number of carboxylic acid groups (broad SMARTS) is 1. The Hall–Kier alpha value is -4.36. The molecule has 53 heavy (non-hydrogen) atoms. The number of aliphatic hydroxyl groups is 1. The van der Waals surface area contributed by atoms with Crippen LogP contribution in [0.1, 0.15) is 70.9 Å². The van der Waals surface area contributed by atoms with Crippen molar-refractivity contribution in [1.29, 1.82) is 0 Å². The van der Waals surface area contributed by atoms with E-state index in [4.69, 9.17) is 30.4 Å². The summed E-state index contributed by atoms with van der Waals surface area (Å²) in [6.07, 6.45) is 3.87. The normalized spacial score (nSPS) is 27.3. The number of amides is 3. The second kappa shape index (κ2) is 18.6. The van der Waals surface area contributed by atoms with Crippen LogP contribution in [0, 0.1) is 5.92 Å². The number of carbonyl (C=O) groups is 4. The summed E-state index contributed by atoms with van der Waals surface area (Å²) >= 11 is 0. The summed E-state index contributed by atoms with van der Waals surface area (Å²) in [5.41, 5.74) is 11.6. The second-order valence-corrected chi connectivity index (χ2v) is 14.1. The van der Waals surface area contributed by atoms with Gasteiger partial charge >= 0.3 is 12.1 Å².